The van der Waals surface area contributed by atoms with Gasteiger partial charge in [-0.1, -0.05) is 24.3 Å². The van der Waals surface area contributed by atoms with E-state index in [9.17, 15) is 8.42 Å². The topological polar surface area (TPSA) is 80.2 Å². The van der Waals surface area contributed by atoms with Crippen molar-refractivity contribution in [3.63, 3.8) is 0 Å². The minimum atomic E-state index is -3.08. The number of nitrogens with zero attached hydrogens (tertiary/aromatic N) is 2. The molecule has 1 aromatic rings. The van der Waals surface area contributed by atoms with Gasteiger partial charge in [-0.2, -0.15) is 0 Å². The van der Waals surface area contributed by atoms with Gasteiger partial charge in [0.1, 0.15) is 0 Å². The van der Waals surface area contributed by atoms with Crippen LogP contribution in [0.15, 0.2) is 29.3 Å². The second-order valence-corrected chi connectivity index (χ2v) is 10.5. The van der Waals surface area contributed by atoms with Crippen LogP contribution in [0.1, 0.15) is 38.8 Å². The van der Waals surface area contributed by atoms with Crippen molar-refractivity contribution >= 4 is 15.8 Å². The minimum absolute atomic E-state index is 0.152. The molecular formula is C21H35N3O4S. The molecule has 8 heteroatoms. The molecule has 0 atom stereocenters. The van der Waals surface area contributed by atoms with Crippen LogP contribution in [-0.4, -0.2) is 69.2 Å². The van der Waals surface area contributed by atoms with Crippen molar-refractivity contribution in [2.75, 3.05) is 45.2 Å². The SMILES string of the molecule is CCNC(=NCc1cccc(COCCOCC)c1)N1CCS(=O)(=O)C(C)(C)C1. The van der Waals surface area contributed by atoms with Gasteiger partial charge in [-0.3, -0.25) is 0 Å². The second-order valence-electron chi connectivity index (χ2n) is 7.74. The van der Waals surface area contributed by atoms with E-state index in [0.717, 1.165) is 23.6 Å². The van der Waals surface area contributed by atoms with Crippen LogP contribution in [0.4, 0.5) is 0 Å². The smallest absolute Gasteiger partial charge is 0.194 e. The van der Waals surface area contributed by atoms with Crippen molar-refractivity contribution < 1.29 is 17.9 Å². The Labute approximate surface area is 175 Å². The minimum Gasteiger partial charge on any atom is -0.379 e. The Morgan fingerprint density at radius 2 is 1.93 bits per heavy atom. The highest BCUT2D eigenvalue weighted by Crippen LogP contribution is 2.23. The van der Waals surface area contributed by atoms with Crippen LogP contribution in [0.25, 0.3) is 0 Å². The quantitative estimate of drug-likeness (QED) is 0.371. The first kappa shape index (κ1) is 23.6. The number of sulfone groups is 1. The average molecular weight is 426 g/mol. The highest BCUT2D eigenvalue weighted by atomic mass is 32.2. The Morgan fingerprint density at radius 3 is 2.62 bits per heavy atom. The maximum atomic E-state index is 12.3. The third-order valence-electron chi connectivity index (χ3n) is 4.93. The molecule has 0 amide bonds. The molecule has 0 bridgehead atoms. The van der Waals surface area contributed by atoms with E-state index in [1.807, 2.05) is 36.9 Å². The lowest BCUT2D eigenvalue weighted by molar-refractivity contribution is 0.0453. The first-order valence-electron chi connectivity index (χ1n) is 10.3. The zero-order valence-corrected chi connectivity index (χ0v) is 18.9. The van der Waals surface area contributed by atoms with Gasteiger partial charge in [0.05, 0.1) is 36.9 Å². The third kappa shape index (κ3) is 6.97. The lowest BCUT2D eigenvalue weighted by Crippen LogP contribution is -2.57. The van der Waals surface area contributed by atoms with E-state index in [2.05, 4.69) is 11.4 Å². The van der Waals surface area contributed by atoms with Gasteiger partial charge < -0.3 is 19.7 Å². The fourth-order valence-corrected chi connectivity index (χ4v) is 4.55. The standard InChI is InChI=1S/C21H35N3O4S/c1-5-22-20(24-10-13-29(25,26)21(3,4)17-24)23-15-18-8-7-9-19(14-18)16-28-12-11-27-6-2/h7-9,14H,5-6,10-13,15-17H2,1-4H3,(H,22,23). The summed E-state index contributed by atoms with van der Waals surface area (Å²) >= 11 is 0. The molecule has 2 rings (SSSR count). The van der Waals surface area contributed by atoms with E-state index >= 15 is 0 Å². The molecule has 0 saturated carbocycles. The molecule has 164 valence electrons. The summed E-state index contributed by atoms with van der Waals surface area (Å²) in [6.45, 7) is 12.1. The molecule has 29 heavy (non-hydrogen) atoms. The van der Waals surface area contributed by atoms with Crippen molar-refractivity contribution in [1.82, 2.24) is 10.2 Å². The number of hydrogen-bond acceptors (Lipinski definition) is 5. The molecule has 0 unspecified atom stereocenters. The molecule has 0 aromatic heterocycles. The fourth-order valence-electron chi connectivity index (χ4n) is 3.19. The Bertz CT molecular complexity index is 778. The Morgan fingerprint density at radius 1 is 1.21 bits per heavy atom. The van der Waals surface area contributed by atoms with E-state index in [4.69, 9.17) is 14.5 Å². The van der Waals surface area contributed by atoms with Crippen LogP contribution in [0.2, 0.25) is 0 Å². The molecule has 1 saturated heterocycles. The molecule has 0 spiro atoms. The predicted molar refractivity (Wildman–Crippen MR) is 117 cm³/mol. The Kier molecular flexibility index (Phi) is 8.92. The predicted octanol–water partition coefficient (Wildman–Crippen LogP) is 2.21. The number of benzene rings is 1. The van der Waals surface area contributed by atoms with Gasteiger partial charge in [0.2, 0.25) is 0 Å². The maximum absolute atomic E-state index is 12.3. The van der Waals surface area contributed by atoms with Gasteiger partial charge in [0, 0.05) is 26.2 Å². The average Bonchev–Trinajstić information content (AvgIpc) is 2.67. The van der Waals surface area contributed by atoms with Gasteiger partial charge >= 0.3 is 0 Å². The number of rotatable bonds is 9. The molecular weight excluding hydrogens is 390 g/mol. The normalized spacial score (nSPS) is 18.6. The maximum Gasteiger partial charge on any atom is 0.194 e. The molecule has 1 heterocycles. The van der Waals surface area contributed by atoms with Crippen LogP contribution in [0, 0.1) is 0 Å². The fraction of sp³-hybridized carbons (Fsp3) is 0.667. The zero-order chi connectivity index (χ0) is 21.3. The Balaban J connectivity index is 2.00. The summed E-state index contributed by atoms with van der Waals surface area (Å²) in [4.78, 5) is 6.81. The molecule has 1 aliphatic heterocycles. The monoisotopic (exact) mass is 425 g/mol. The van der Waals surface area contributed by atoms with Gasteiger partial charge in [-0.25, -0.2) is 13.4 Å². The Hall–Kier alpha value is -1.64. The third-order valence-corrected chi connectivity index (χ3v) is 7.46. The van der Waals surface area contributed by atoms with E-state index in [0.29, 0.717) is 46.1 Å². The summed E-state index contributed by atoms with van der Waals surface area (Å²) in [7, 11) is -3.08. The highest BCUT2D eigenvalue weighted by Gasteiger charge is 2.40. The lowest BCUT2D eigenvalue weighted by Gasteiger charge is -2.39. The summed E-state index contributed by atoms with van der Waals surface area (Å²) in [5.41, 5.74) is 2.19. The van der Waals surface area contributed by atoms with Gasteiger partial charge in [0.15, 0.2) is 15.8 Å². The summed E-state index contributed by atoms with van der Waals surface area (Å²) in [5.74, 6) is 0.910. The molecule has 0 aliphatic carbocycles. The van der Waals surface area contributed by atoms with Gasteiger partial charge in [-0.15, -0.1) is 0 Å². The number of aliphatic imine (C=N–C) groups is 1. The molecule has 1 aliphatic rings. The van der Waals surface area contributed by atoms with E-state index < -0.39 is 14.6 Å². The van der Waals surface area contributed by atoms with Gasteiger partial charge in [-0.05, 0) is 38.8 Å². The van der Waals surface area contributed by atoms with Crippen molar-refractivity contribution in [2.45, 2.75) is 45.6 Å². The van der Waals surface area contributed by atoms with Crippen molar-refractivity contribution in [2.24, 2.45) is 4.99 Å². The van der Waals surface area contributed by atoms with Crippen LogP contribution < -0.4 is 5.32 Å². The largest absolute Gasteiger partial charge is 0.379 e. The summed E-state index contributed by atoms with van der Waals surface area (Å²) in [6, 6.07) is 8.19. The molecule has 1 aromatic carbocycles. The van der Waals surface area contributed by atoms with Crippen LogP contribution in [-0.2, 0) is 32.5 Å². The summed E-state index contributed by atoms with van der Waals surface area (Å²) in [5, 5.41) is 3.30. The highest BCUT2D eigenvalue weighted by molar-refractivity contribution is 7.92. The van der Waals surface area contributed by atoms with Crippen LogP contribution in [0.3, 0.4) is 0 Å². The van der Waals surface area contributed by atoms with E-state index in [-0.39, 0.29) is 5.75 Å². The van der Waals surface area contributed by atoms with Crippen molar-refractivity contribution in [1.29, 1.82) is 0 Å². The van der Waals surface area contributed by atoms with Crippen LogP contribution in [0.5, 0.6) is 0 Å². The first-order chi connectivity index (χ1) is 13.8. The van der Waals surface area contributed by atoms with Crippen LogP contribution >= 0.6 is 0 Å². The first-order valence-corrected chi connectivity index (χ1v) is 11.9. The summed E-state index contributed by atoms with van der Waals surface area (Å²) in [6.07, 6.45) is 0. The van der Waals surface area contributed by atoms with Crippen molar-refractivity contribution in [3.05, 3.63) is 35.4 Å². The lowest BCUT2D eigenvalue weighted by atomic mass is 10.1. The molecule has 1 fully saturated rings. The second kappa shape index (κ2) is 10.9. The van der Waals surface area contributed by atoms with Gasteiger partial charge in [0.25, 0.3) is 0 Å². The molecule has 7 nitrogen and oxygen atoms in total. The molecule has 0 radical (unpaired) electrons. The zero-order valence-electron chi connectivity index (χ0n) is 18.1. The number of hydrogen-bond donors (Lipinski definition) is 1. The molecule has 1 N–H and O–H groups in total. The van der Waals surface area contributed by atoms with E-state index in [1.165, 1.54) is 0 Å². The van der Waals surface area contributed by atoms with Crippen molar-refractivity contribution in [3.8, 4) is 0 Å². The summed E-state index contributed by atoms with van der Waals surface area (Å²) < 4.78 is 34.7. The number of nitrogens with one attached hydrogen (secondary N) is 1. The number of guanidine groups is 1. The van der Waals surface area contributed by atoms with E-state index in [1.54, 1.807) is 13.8 Å². The number of ether oxygens (including phenoxy) is 2.